The number of amides is 1. The van der Waals surface area contributed by atoms with Crippen LogP contribution < -0.4 is 14.8 Å². The lowest BCUT2D eigenvalue weighted by atomic mass is 9.76. The summed E-state index contributed by atoms with van der Waals surface area (Å²) in [6.45, 7) is 1.71. The van der Waals surface area contributed by atoms with Gasteiger partial charge in [-0.25, -0.2) is 0 Å². The molecule has 2 aliphatic heterocycles. The molecule has 0 bridgehead atoms. The van der Waals surface area contributed by atoms with E-state index in [1.165, 1.54) is 12.0 Å². The minimum absolute atomic E-state index is 0.0996. The number of carbonyl (C=O) groups is 1. The van der Waals surface area contributed by atoms with Gasteiger partial charge < -0.3 is 19.7 Å². The second-order valence-electron chi connectivity index (χ2n) is 8.71. The van der Waals surface area contributed by atoms with E-state index in [0.717, 1.165) is 60.7 Å². The van der Waals surface area contributed by atoms with Crippen molar-refractivity contribution in [3.63, 3.8) is 0 Å². The fraction of sp³-hybridized carbons (Fsp3) is 0.423. The maximum absolute atomic E-state index is 13.4. The van der Waals surface area contributed by atoms with Gasteiger partial charge in [-0.15, -0.1) is 0 Å². The van der Waals surface area contributed by atoms with E-state index in [1.807, 2.05) is 23.1 Å². The van der Waals surface area contributed by atoms with Crippen LogP contribution in [0.15, 0.2) is 48.6 Å². The molecule has 5 heteroatoms. The van der Waals surface area contributed by atoms with Crippen LogP contribution in [0.25, 0.3) is 0 Å². The quantitative estimate of drug-likeness (QED) is 0.697. The molecule has 0 saturated carbocycles. The topological polar surface area (TPSA) is 50.8 Å². The Morgan fingerprint density at radius 3 is 2.61 bits per heavy atom. The van der Waals surface area contributed by atoms with E-state index in [-0.39, 0.29) is 11.9 Å². The Morgan fingerprint density at radius 1 is 1.03 bits per heavy atom. The van der Waals surface area contributed by atoms with Crippen molar-refractivity contribution in [2.24, 2.45) is 5.92 Å². The Bertz CT molecular complexity index is 1010. The average molecular weight is 419 g/mol. The molecule has 0 aromatic heterocycles. The molecule has 1 saturated heterocycles. The summed E-state index contributed by atoms with van der Waals surface area (Å²) in [6.07, 6.45) is 9.00. The molecule has 1 aliphatic carbocycles. The molecule has 2 aromatic carbocycles. The number of nitrogens with one attached hydrogen (secondary N) is 1. The fourth-order valence-electron chi connectivity index (χ4n) is 5.44. The molecule has 1 fully saturated rings. The number of fused-ring (bicyclic) bond motifs is 3. The zero-order valence-electron chi connectivity index (χ0n) is 18.3. The lowest BCUT2D eigenvalue weighted by molar-refractivity contribution is 0.0725. The van der Waals surface area contributed by atoms with Crippen molar-refractivity contribution < 1.29 is 14.3 Å². The van der Waals surface area contributed by atoms with Gasteiger partial charge in [0.05, 0.1) is 31.5 Å². The van der Waals surface area contributed by atoms with Crippen molar-refractivity contribution in [2.45, 2.75) is 37.6 Å². The van der Waals surface area contributed by atoms with Crippen molar-refractivity contribution in [3.8, 4) is 11.5 Å². The molecule has 2 aromatic rings. The van der Waals surface area contributed by atoms with Crippen LogP contribution in [-0.4, -0.2) is 38.1 Å². The fourth-order valence-corrected chi connectivity index (χ4v) is 5.44. The number of anilines is 1. The predicted octanol–water partition coefficient (Wildman–Crippen LogP) is 5.16. The number of hydrogen-bond acceptors (Lipinski definition) is 4. The lowest BCUT2D eigenvalue weighted by Gasteiger charge is -2.39. The highest BCUT2D eigenvalue weighted by molar-refractivity contribution is 6.01. The van der Waals surface area contributed by atoms with Gasteiger partial charge in [0.25, 0.3) is 5.91 Å². The molecule has 1 N–H and O–H groups in total. The predicted molar refractivity (Wildman–Crippen MR) is 122 cm³/mol. The number of piperidine rings is 1. The van der Waals surface area contributed by atoms with Gasteiger partial charge in [-0.05, 0) is 60.9 Å². The molecule has 3 aliphatic rings. The Labute approximate surface area is 184 Å². The Hall–Kier alpha value is -2.95. The van der Waals surface area contributed by atoms with Crippen molar-refractivity contribution in [1.29, 1.82) is 0 Å². The maximum atomic E-state index is 13.4. The standard InChI is InChI=1S/C26H30N2O3/c1-30-22-13-12-17(16-23(22)31-2)24-19-9-6-8-18(19)20-10-7-11-21(25(20)27-24)26(29)28-14-4-3-5-15-28/h6-8,10-13,16,18-19,24,27H,3-5,9,14-15H2,1-2H3. The van der Waals surface area contributed by atoms with Gasteiger partial charge in [0.15, 0.2) is 11.5 Å². The van der Waals surface area contributed by atoms with Gasteiger partial charge in [-0.1, -0.05) is 30.4 Å². The number of ether oxygens (including phenoxy) is 2. The maximum Gasteiger partial charge on any atom is 0.255 e. The molecule has 3 atom stereocenters. The van der Waals surface area contributed by atoms with Crippen LogP contribution in [0.1, 0.15) is 59.1 Å². The van der Waals surface area contributed by atoms with Crippen LogP contribution in [0.3, 0.4) is 0 Å². The molecule has 31 heavy (non-hydrogen) atoms. The molecular formula is C26H30N2O3. The summed E-state index contributed by atoms with van der Waals surface area (Å²) < 4.78 is 11.0. The second-order valence-corrected chi connectivity index (χ2v) is 8.71. The van der Waals surface area contributed by atoms with E-state index in [4.69, 9.17) is 9.47 Å². The third-order valence-corrected chi connectivity index (χ3v) is 7.04. The largest absolute Gasteiger partial charge is 0.493 e. The second kappa shape index (κ2) is 8.29. The molecule has 1 amide bonds. The minimum Gasteiger partial charge on any atom is -0.493 e. The monoisotopic (exact) mass is 418 g/mol. The minimum atomic E-state index is 0.0996. The average Bonchev–Trinajstić information content (AvgIpc) is 3.33. The first-order chi connectivity index (χ1) is 15.2. The van der Waals surface area contributed by atoms with E-state index < -0.39 is 0 Å². The molecule has 162 valence electrons. The summed E-state index contributed by atoms with van der Waals surface area (Å²) in [5.74, 6) is 2.32. The Kier molecular flexibility index (Phi) is 5.34. The summed E-state index contributed by atoms with van der Waals surface area (Å²) in [6, 6.07) is 12.4. The first-order valence-corrected chi connectivity index (χ1v) is 11.3. The van der Waals surface area contributed by atoms with E-state index >= 15 is 0 Å². The van der Waals surface area contributed by atoms with Crippen molar-refractivity contribution in [1.82, 2.24) is 4.90 Å². The van der Waals surface area contributed by atoms with Crippen LogP contribution in [0.4, 0.5) is 5.69 Å². The number of hydrogen-bond donors (Lipinski definition) is 1. The molecule has 5 rings (SSSR count). The number of likely N-dealkylation sites (tertiary alicyclic amines) is 1. The third-order valence-electron chi connectivity index (χ3n) is 7.04. The summed E-state index contributed by atoms with van der Waals surface area (Å²) in [7, 11) is 3.32. The highest BCUT2D eigenvalue weighted by Gasteiger charge is 2.40. The van der Waals surface area contributed by atoms with Crippen LogP contribution in [0.2, 0.25) is 0 Å². The number of para-hydroxylation sites is 1. The normalized spacial score (nSPS) is 24.2. The van der Waals surface area contributed by atoms with Crippen LogP contribution in [-0.2, 0) is 0 Å². The van der Waals surface area contributed by atoms with E-state index in [2.05, 4.69) is 35.7 Å². The SMILES string of the molecule is COc1ccc(C2Nc3c(C(=O)N4CCCCC4)cccc3C3C=CCC32)cc1OC. The van der Waals surface area contributed by atoms with E-state index in [9.17, 15) is 4.79 Å². The first kappa shape index (κ1) is 20.0. The summed E-state index contributed by atoms with van der Waals surface area (Å²) in [4.78, 5) is 15.4. The van der Waals surface area contributed by atoms with Gasteiger partial charge in [0.2, 0.25) is 0 Å². The zero-order chi connectivity index (χ0) is 21.4. The summed E-state index contributed by atoms with van der Waals surface area (Å²) in [5.41, 5.74) is 4.18. The number of carbonyl (C=O) groups excluding carboxylic acids is 1. The van der Waals surface area contributed by atoms with Crippen molar-refractivity contribution >= 4 is 11.6 Å². The highest BCUT2D eigenvalue weighted by Crippen LogP contribution is 2.51. The van der Waals surface area contributed by atoms with Crippen molar-refractivity contribution in [3.05, 3.63) is 65.2 Å². The Balaban J connectivity index is 1.54. The summed E-state index contributed by atoms with van der Waals surface area (Å²) in [5, 5.41) is 3.78. The smallest absolute Gasteiger partial charge is 0.255 e. The lowest BCUT2D eigenvalue weighted by Crippen LogP contribution is -2.37. The number of allylic oxidation sites excluding steroid dienone is 2. The molecule has 0 spiro atoms. The van der Waals surface area contributed by atoms with Crippen molar-refractivity contribution in [2.75, 3.05) is 32.6 Å². The zero-order valence-corrected chi connectivity index (χ0v) is 18.3. The van der Waals surface area contributed by atoms with Crippen LogP contribution in [0, 0.1) is 5.92 Å². The first-order valence-electron chi connectivity index (χ1n) is 11.3. The number of nitrogens with zero attached hydrogens (tertiary/aromatic N) is 1. The number of rotatable bonds is 4. The van der Waals surface area contributed by atoms with Gasteiger partial charge in [-0.2, -0.15) is 0 Å². The summed E-state index contributed by atoms with van der Waals surface area (Å²) >= 11 is 0. The third kappa shape index (κ3) is 3.46. The van der Waals surface area contributed by atoms with Gasteiger partial charge >= 0.3 is 0 Å². The molecule has 3 unspecified atom stereocenters. The Morgan fingerprint density at radius 2 is 1.84 bits per heavy atom. The van der Waals surface area contributed by atoms with E-state index in [1.54, 1.807) is 14.2 Å². The van der Waals surface area contributed by atoms with Crippen LogP contribution in [0.5, 0.6) is 11.5 Å². The van der Waals surface area contributed by atoms with E-state index in [0.29, 0.717) is 11.8 Å². The molecule has 0 radical (unpaired) electrons. The number of benzene rings is 2. The highest BCUT2D eigenvalue weighted by atomic mass is 16.5. The number of methoxy groups -OCH3 is 2. The molecule has 5 nitrogen and oxygen atoms in total. The van der Waals surface area contributed by atoms with Gasteiger partial charge in [-0.3, -0.25) is 4.79 Å². The van der Waals surface area contributed by atoms with Gasteiger partial charge in [0.1, 0.15) is 0 Å². The van der Waals surface area contributed by atoms with Crippen LogP contribution >= 0.6 is 0 Å². The van der Waals surface area contributed by atoms with Gasteiger partial charge in [0, 0.05) is 19.0 Å². The molecular weight excluding hydrogens is 388 g/mol. The molecule has 2 heterocycles.